The molecule has 0 bridgehead atoms. The first kappa shape index (κ1) is 16.8. The first-order valence-corrected chi connectivity index (χ1v) is 10.0. The number of halogens is 1. The minimum absolute atomic E-state index is 0.0177. The van der Waals surface area contributed by atoms with Gasteiger partial charge in [0.15, 0.2) is 9.84 Å². The van der Waals surface area contributed by atoms with Crippen LogP contribution in [0.5, 0.6) is 0 Å². The van der Waals surface area contributed by atoms with E-state index in [1.807, 2.05) is 6.92 Å². The predicted molar refractivity (Wildman–Crippen MR) is 91.6 cm³/mol. The Balaban J connectivity index is 2.10. The third-order valence-electron chi connectivity index (χ3n) is 3.75. The van der Waals surface area contributed by atoms with Gasteiger partial charge in [0.05, 0.1) is 17.2 Å². The largest absolute Gasteiger partial charge is 0.366 e. The molecular formula is C15H23BrN2O2S. The van der Waals surface area contributed by atoms with Crippen LogP contribution in [-0.2, 0) is 16.4 Å². The van der Waals surface area contributed by atoms with Gasteiger partial charge in [-0.2, -0.15) is 0 Å². The van der Waals surface area contributed by atoms with Gasteiger partial charge < -0.3 is 10.2 Å². The summed E-state index contributed by atoms with van der Waals surface area (Å²) in [7, 11) is -2.88. The Morgan fingerprint density at radius 3 is 2.81 bits per heavy atom. The molecule has 21 heavy (non-hydrogen) atoms. The van der Waals surface area contributed by atoms with E-state index < -0.39 is 9.84 Å². The topological polar surface area (TPSA) is 49.4 Å². The fraction of sp³-hybridized carbons (Fsp3) is 0.600. The van der Waals surface area contributed by atoms with Crippen LogP contribution in [0.15, 0.2) is 22.7 Å². The SMILES string of the molecule is CCCNCc1ccc(N2CCS(=O)(=O)CC2C)c(Br)c1. The maximum atomic E-state index is 11.7. The lowest BCUT2D eigenvalue weighted by Crippen LogP contribution is -2.47. The van der Waals surface area contributed by atoms with Gasteiger partial charge in [0, 0.05) is 23.6 Å². The van der Waals surface area contributed by atoms with Gasteiger partial charge in [0.25, 0.3) is 0 Å². The highest BCUT2D eigenvalue weighted by Gasteiger charge is 2.29. The fourth-order valence-electron chi connectivity index (χ4n) is 2.66. The van der Waals surface area contributed by atoms with Crippen LogP contribution in [-0.4, -0.2) is 39.1 Å². The molecule has 1 aromatic rings. The summed E-state index contributed by atoms with van der Waals surface area (Å²) >= 11 is 3.63. The number of nitrogens with one attached hydrogen (secondary N) is 1. The molecule has 4 nitrogen and oxygen atoms in total. The van der Waals surface area contributed by atoms with Gasteiger partial charge in [-0.25, -0.2) is 8.42 Å². The Labute approximate surface area is 136 Å². The van der Waals surface area contributed by atoms with Crippen molar-refractivity contribution in [3.05, 3.63) is 28.2 Å². The third-order valence-corrected chi connectivity index (χ3v) is 6.18. The highest BCUT2D eigenvalue weighted by atomic mass is 79.9. The Kier molecular flexibility index (Phi) is 5.68. The van der Waals surface area contributed by atoms with Crippen molar-refractivity contribution >= 4 is 31.5 Å². The van der Waals surface area contributed by atoms with Crippen LogP contribution in [0.1, 0.15) is 25.8 Å². The molecule has 0 saturated carbocycles. The highest BCUT2D eigenvalue weighted by molar-refractivity contribution is 9.10. The summed E-state index contributed by atoms with van der Waals surface area (Å²) < 4.78 is 24.4. The van der Waals surface area contributed by atoms with Gasteiger partial charge in [-0.1, -0.05) is 13.0 Å². The van der Waals surface area contributed by atoms with Crippen LogP contribution in [0, 0.1) is 0 Å². The highest BCUT2D eigenvalue weighted by Crippen LogP contribution is 2.30. The fourth-order valence-corrected chi connectivity index (χ4v) is 4.87. The van der Waals surface area contributed by atoms with Crippen molar-refractivity contribution in [2.75, 3.05) is 29.5 Å². The van der Waals surface area contributed by atoms with Gasteiger partial charge in [0.1, 0.15) is 0 Å². The van der Waals surface area contributed by atoms with Crippen molar-refractivity contribution in [3.8, 4) is 0 Å². The molecule has 0 spiro atoms. The second kappa shape index (κ2) is 7.11. The van der Waals surface area contributed by atoms with Gasteiger partial charge in [-0.05, 0) is 53.5 Å². The number of benzene rings is 1. The van der Waals surface area contributed by atoms with Crippen molar-refractivity contribution in [1.29, 1.82) is 0 Å². The molecule has 0 aromatic heterocycles. The maximum Gasteiger partial charge on any atom is 0.154 e. The number of nitrogens with zero attached hydrogens (tertiary/aromatic N) is 1. The second-order valence-corrected chi connectivity index (χ2v) is 8.70. The van der Waals surface area contributed by atoms with Gasteiger partial charge in [-0.15, -0.1) is 0 Å². The summed E-state index contributed by atoms with van der Waals surface area (Å²) in [6.07, 6.45) is 1.12. The number of sulfone groups is 1. The van der Waals surface area contributed by atoms with E-state index in [0.717, 1.165) is 29.7 Å². The lowest BCUT2D eigenvalue weighted by molar-refractivity contribution is 0.568. The van der Waals surface area contributed by atoms with Crippen LogP contribution >= 0.6 is 15.9 Å². The summed E-state index contributed by atoms with van der Waals surface area (Å²) in [5.41, 5.74) is 2.31. The van der Waals surface area contributed by atoms with Crippen LogP contribution in [0.25, 0.3) is 0 Å². The molecule has 0 aliphatic carbocycles. The molecule has 1 heterocycles. The Morgan fingerprint density at radius 1 is 1.43 bits per heavy atom. The van der Waals surface area contributed by atoms with E-state index in [-0.39, 0.29) is 17.5 Å². The van der Waals surface area contributed by atoms with E-state index in [9.17, 15) is 8.42 Å². The first-order chi connectivity index (χ1) is 9.93. The standard InChI is InChI=1S/C15H23BrN2O2S/c1-3-6-17-10-13-4-5-15(14(16)9-13)18-7-8-21(19,20)11-12(18)2/h4-5,9,12,17H,3,6-8,10-11H2,1-2H3. The third kappa shape index (κ3) is 4.44. The average molecular weight is 375 g/mol. The van der Waals surface area contributed by atoms with Gasteiger partial charge in [-0.3, -0.25) is 0 Å². The zero-order chi connectivity index (χ0) is 15.5. The van der Waals surface area contributed by atoms with Crippen LogP contribution in [0.4, 0.5) is 5.69 Å². The number of hydrogen-bond acceptors (Lipinski definition) is 4. The molecule has 118 valence electrons. The molecule has 1 aromatic carbocycles. The van der Waals surface area contributed by atoms with Crippen LogP contribution in [0.3, 0.4) is 0 Å². The van der Waals surface area contributed by atoms with Gasteiger partial charge >= 0.3 is 0 Å². The molecule has 1 N–H and O–H groups in total. The van der Waals surface area contributed by atoms with Crippen LogP contribution in [0.2, 0.25) is 0 Å². The molecular weight excluding hydrogens is 352 g/mol. The molecule has 6 heteroatoms. The smallest absolute Gasteiger partial charge is 0.154 e. The van der Waals surface area contributed by atoms with Crippen molar-refractivity contribution in [2.45, 2.75) is 32.9 Å². The van der Waals surface area contributed by atoms with Crippen molar-refractivity contribution in [1.82, 2.24) is 5.32 Å². The number of rotatable bonds is 5. The zero-order valence-corrected chi connectivity index (χ0v) is 15.0. The first-order valence-electron chi connectivity index (χ1n) is 7.39. The summed E-state index contributed by atoms with van der Waals surface area (Å²) in [5, 5.41) is 3.38. The lowest BCUT2D eigenvalue weighted by Gasteiger charge is -2.35. The van der Waals surface area contributed by atoms with E-state index in [2.05, 4.69) is 51.3 Å². The predicted octanol–water partition coefficient (Wildman–Crippen LogP) is 2.57. The number of anilines is 1. The van der Waals surface area contributed by atoms with Crippen LogP contribution < -0.4 is 10.2 Å². The molecule has 1 atom stereocenters. The molecule has 1 unspecified atom stereocenters. The monoisotopic (exact) mass is 374 g/mol. The molecule has 1 fully saturated rings. The molecule has 0 amide bonds. The molecule has 1 aliphatic rings. The molecule has 0 radical (unpaired) electrons. The maximum absolute atomic E-state index is 11.7. The average Bonchev–Trinajstić information content (AvgIpc) is 2.39. The second-order valence-electron chi connectivity index (χ2n) is 5.62. The zero-order valence-electron chi connectivity index (χ0n) is 12.6. The quantitative estimate of drug-likeness (QED) is 0.804. The minimum atomic E-state index is -2.88. The van der Waals surface area contributed by atoms with E-state index >= 15 is 0 Å². The van der Waals surface area contributed by atoms with Crippen molar-refractivity contribution in [2.24, 2.45) is 0 Å². The summed E-state index contributed by atoms with van der Waals surface area (Å²) in [6, 6.07) is 6.33. The Morgan fingerprint density at radius 2 is 2.19 bits per heavy atom. The summed E-state index contributed by atoms with van der Waals surface area (Å²) in [6.45, 7) is 6.56. The minimum Gasteiger partial charge on any atom is -0.366 e. The van der Waals surface area contributed by atoms with Gasteiger partial charge in [0.2, 0.25) is 0 Å². The lowest BCUT2D eigenvalue weighted by atomic mass is 10.1. The summed E-state index contributed by atoms with van der Waals surface area (Å²) in [4.78, 5) is 2.17. The molecule has 2 rings (SSSR count). The molecule has 1 aliphatic heterocycles. The van der Waals surface area contributed by atoms with Crippen molar-refractivity contribution in [3.63, 3.8) is 0 Å². The van der Waals surface area contributed by atoms with E-state index in [4.69, 9.17) is 0 Å². The van der Waals surface area contributed by atoms with E-state index in [1.165, 1.54) is 5.56 Å². The van der Waals surface area contributed by atoms with E-state index in [1.54, 1.807) is 0 Å². The Bertz CT molecular complexity index is 589. The number of hydrogen-bond donors (Lipinski definition) is 1. The molecule has 1 saturated heterocycles. The summed E-state index contributed by atoms with van der Waals surface area (Å²) in [5.74, 6) is 0.475. The normalized spacial score (nSPS) is 21.5. The Hall–Kier alpha value is -0.590. The van der Waals surface area contributed by atoms with Crippen molar-refractivity contribution < 1.29 is 8.42 Å². The van der Waals surface area contributed by atoms with E-state index in [0.29, 0.717) is 6.54 Å².